The summed E-state index contributed by atoms with van der Waals surface area (Å²) in [7, 11) is 1.56. The van der Waals surface area contributed by atoms with Gasteiger partial charge in [-0.1, -0.05) is 48.6 Å². The fourth-order valence-corrected chi connectivity index (χ4v) is 3.04. The van der Waals surface area contributed by atoms with Crippen LogP contribution in [0.5, 0.6) is 0 Å². The van der Waals surface area contributed by atoms with Crippen molar-refractivity contribution in [3.63, 3.8) is 0 Å². The van der Waals surface area contributed by atoms with Gasteiger partial charge >= 0.3 is 5.97 Å². The first-order valence-corrected chi connectivity index (χ1v) is 6.13. The van der Waals surface area contributed by atoms with Gasteiger partial charge in [0.05, 0.1) is 11.0 Å². The molecule has 3 aliphatic carbocycles. The molecule has 0 radical (unpaired) electrons. The first-order valence-electron chi connectivity index (χ1n) is 6.13. The normalized spacial score (nSPS) is 31.0. The Kier molecular flexibility index (Phi) is 2.64. The van der Waals surface area contributed by atoms with Gasteiger partial charge < -0.3 is 9.84 Å². The maximum Gasteiger partial charge on any atom is 0.334 e. The Bertz CT molecular complexity index is 614. The highest BCUT2D eigenvalue weighted by Crippen LogP contribution is 2.50. The van der Waals surface area contributed by atoms with Gasteiger partial charge in [-0.25, -0.2) is 4.79 Å². The molecule has 0 amide bonds. The molecule has 19 heavy (non-hydrogen) atoms. The number of carboxylic acid groups (broad SMARTS) is 1. The number of carboxylic acids is 1. The molecule has 0 aromatic carbocycles. The molecule has 3 rings (SSSR count). The zero-order valence-corrected chi connectivity index (χ0v) is 10.5. The van der Waals surface area contributed by atoms with Crippen LogP contribution in [0.3, 0.4) is 0 Å². The van der Waals surface area contributed by atoms with Gasteiger partial charge in [0.25, 0.3) is 0 Å². The van der Waals surface area contributed by atoms with Crippen molar-refractivity contribution >= 4 is 5.97 Å². The number of carbonyl (C=O) groups is 1. The van der Waals surface area contributed by atoms with Crippen LogP contribution >= 0.6 is 0 Å². The molecule has 0 saturated carbocycles. The molecule has 3 nitrogen and oxygen atoms in total. The first-order chi connectivity index (χ1) is 9.20. The Hall–Kier alpha value is -2.13. The van der Waals surface area contributed by atoms with Crippen LogP contribution in [-0.4, -0.2) is 24.3 Å². The van der Waals surface area contributed by atoms with Gasteiger partial charge in [-0.15, -0.1) is 0 Å². The van der Waals surface area contributed by atoms with Crippen LogP contribution in [-0.2, 0) is 9.53 Å². The van der Waals surface area contributed by atoms with Crippen molar-refractivity contribution in [2.45, 2.75) is 6.10 Å². The van der Waals surface area contributed by atoms with Crippen LogP contribution in [0.25, 0.3) is 0 Å². The van der Waals surface area contributed by atoms with Crippen LogP contribution in [0.2, 0.25) is 0 Å². The molecule has 1 N–H and O–H groups in total. The van der Waals surface area contributed by atoms with Crippen molar-refractivity contribution in [2.75, 3.05) is 7.11 Å². The van der Waals surface area contributed by atoms with E-state index in [4.69, 9.17) is 4.74 Å². The molecule has 2 unspecified atom stereocenters. The molecule has 2 atom stereocenters. The highest BCUT2D eigenvalue weighted by atomic mass is 16.5. The number of rotatable bonds is 2. The number of ether oxygens (including phenoxy) is 1. The largest absolute Gasteiger partial charge is 0.478 e. The zero-order chi connectivity index (χ0) is 13.5. The van der Waals surface area contributed by atoms with Crippen LogP contribution in [0, 0.1) is 5.41 Å². The molecule has 3 heteroatoms. The lowest BCUT2D eigenvalue weighted by Crippen LogP contribution is -2.44. The molecule has 0 heterocycles. The maximum absolute atomic E-state index is 11.4. The number of methoxy groups -OCH3 is 1. The third kappa shape index (κ3) is 1.52. The molecular weight excluding hydrogens is 240 g/mol. The summed E-state index contributed by atoms with van der Waals surface area (Å²) < 4.78 is 5.54. The summed E-state index contributed by atoms with van der Waals surface area (Å²) in [6.45, 7) is 0. The predicted molar refractivity (Wildman–Crippen MR) is 72.5 cm³/mol. The molecule has 1 spiro atoms. The smallest absolute Gasteiger partial charge is 0.334 e. The van der Waals surface area contributed by atoms with E-state index in [1.807, 2.05) is 48.6 Å². The molecule has 3 aliphatic rings. The summed E-state index contributed by atoms with van der Waals surface area (Å²) in [4.78, 5) is 11.4. The van der Waals surface area contributed by atoms with E-state index in [0.717, 1.165) is 11.1 Å². The van der Waals surface area contributed by atoms with Crippen molar-refractivity contribution in [3.8, 4) is 0 Å². The number of aliphatic carboxylic acids is 1. The van der Waals surface area contributed by atoms with E-state index in [9.17, 15) is 9.90 Å². The number of hydrogen-bond donors (Lipinski definition) is 1. The standard InChI is InChI=1S/C16H14O3/c1-19-14-13(15(17)18)9-8-12-7-4-6-11-5-2-3-10-16(11,12)14/h2-10,14H,1H3,(H,17,18). The van der Waals surface area contributed by atoms with Crippen molar-refractivity contribution in [1.29, 1.82) is 0 Å². The lowest BCUT2D eigenvalue weighted by atomic mass is 9.62. The fraction of sp³-hybridized carbons (Fsp3) is 0.188. The number of hydrogen-bond acceptors (Lipinski definition) is 2. The predicted octanol–water partition coefficient (Wildman–Crippen LogP) is 2.56. The second-order valence-electron chi connectivity index (χ2n) is 4.73. The summed E-state index contributed by atoms with van der Waals surface area (Å²) in [5.74, 6) is -0.937. The lowest BCUT2D eigenvalue weighted by molar-refractivity contribution is -0.134. The lowest BCUT2D eigenvalue weighted by Gasteiger charge is -2.44. The van der Waals surface area contributed by atoms with Crippen LogP contribution in [0.4, 0.5) is 0 Å². The van der Waals surface area contributed by atoms with Crippen LogP contribution < -0.4 is 0 Å². The van der Waals surface area contributed by atoms with Gasteiger partial charge in [0, 0.05) is 7.11 Å². The summed E-state index contributed by atoms with van der Waals surface area (Å²) >= 11 is 0. The Morgan fingerprint density at radius 2 is 1.89 bits per heavy atom. The van der Waals surface area contributed by atoms with E-state index in [2.05, 4.69) is 0 Å². The summed E-state index contributed by atoms with van der Waals surface area (Å²) in [5.41, 5.74) is 1.89. The zero-order valence-electron chi connectivity index (χ0n) is 10.5. The van der Waals surface area contributed by atoms with Crippen LogP contribution in [0.15, 0.2) is 71.4 Å². The maximum atomic E-state index is 11.4. The van der Waals surface area contributed by atoms with E-state index in [1.165, 1.54) is 0 Å². The van der Waals surface area contributed by atoms with E-state index < -0.39 is 17.5 Å². The molecule has 0 aromatic rings. The molecular formula is C16H14O3. The van der Waals surface area contributed by atoms with Gasteiger partial charge in [-0.3, -0.25) is 0 Å². The van der Waals surface area contributed by atoms with E-state index in [-0.39, 0.29) is 5.57 Å². The Morgan fingerprint density at radius 3 is 2.63 bits per heavy atom. The van der Waals surface area contributed by atoms with E-state index in [0.29, 0.717) is 0 Å². The molecule has 0 aliphatic heterocycles. The fourth-order valence-electron chi connectivity index (χ4n) is 3.04. The molecule has 0 fully saturated rings. The van der Waals surface area contributed by atoms with Crippen molar-refractivity contribution in [3.05, 3.63) is 71.4 Å². The number of allylic oxidation sites excluding steroid dienone is 8. The minimum absolute atomic E-state index is 0.285. The quantitative estimate of drug-likeness (QED) is 0.823. The minimum atomic E-state index is -0.937. The van der Waals surface area contributed by atoms with Gasteiger partial charge in [0.1, 0.15) is 6.10 Å². The Balaban J connectivity index is 2.23. The second-order valence-corrected chi connectivity index (χ2v) is 4.73. The minimum Gasteiger partial charge on any atom is -0.478 e. The highest BCUT2D eigenvalue weighted by Gasteiger charge is 2.48. The van der Waals surface area contributed by atoms with Gasteiger partial charge in [0.2, 0.25) is 0 Å². The second kappa shape index (κ2) is 4.21. The van der Waals surface area contributed by atoms with Gasteiger partial charge in [0.15, 0.2) is 0 Å². The average molecular weight is 254 g/mol. The van der Waals surface area contributed by atoms with Crippen LogP contribution in [0.1, 0.15) is 0 Å². The van der Waals surface area contributed by atoms with Crippen molar-refractivity contribution < 1.29 is 14.6 Å². The third-order valence-corrected chi connectivity index (χ3v) is 3.87. The Morgan fingerprint density at radius 1 is 1.16 bits per heavy atom. The monoisotopic (exact) mass is 254 g/mol. The highest BCUT2D eigenvalue weighted by molar-refractivity contribution is 5.90. The summed E-state index contributed by atoms with van der Waals surface area (Å²) in [6, 6.07) is 0. The van der Waals surface area contributed by atoms with Crippen molar-refractivity contribution in [1.82, 2.24) is 0 Å². The summed E-state index contributed by atoms with van der Waals surface area (Å²) in [6.07, 6.45) is 16.9. The molecule has 96 valence electrons. The first kappa shape index (κ1) is 11.9. The van der Waals surface area contributed by atoms with Gasteiger partial charge in [-0.05, 0) is 17.2 Å². The molecule has 0 aromatic heterocycles. The topological polar surface area (TPSA) is 46.5 Å². The third-order valence-electron chi connectivity index (χ3n) is 3.87. The Labute approximate surface area is 111 Å². The van der Waals surface area contributed by atoms with E-state index in [1.54, 1.807) is 13.2 Å². The molecule has 0 saturated heterocycles. The molecule has 0 bridgehead atoms. The van der Waals surface area contributed by atoms with E-state index >= 15 is 0 Å². The van der Waals surface area contributed by atoms with Crippen molar-refractivity contribution in [2.24, 2.45) is 5.41 Å². The van der Waals surface area contributed by atoms with Gasteiger partial charge in [-0.2, -0.15) is 0 Å². The average Bonchev–Trinajstić information content (AvgIpc) is 2.43. The SMILES string of the molecule is COC1C(C(=O)O)=CC=C2C=CC=C3C=CC=CC321. The summed E-state index contributed by atoms with van der Waals surface area (Å²) in [5, 5.41) is 9.36.